The third-order valence-corrected chi connectivity index (χ3v) is 5.31. The molecule has 5 aromatic rings. The average Bonchev–Trinajstić information content (AvgIpc) is 3.45. The van der Waals surface area contributed by atoms with E-state index in [2.05, 4.69) is 79.9 Å². The number of fused-ring (bicyclic) bond motifs is 2. The molecule has 3 aromatic carbocycles. The first-order valence-corrected chi connectivity index (χ1v) is 10.0. The van der Waals surface area contributed by atoms with Crippen molar-refractivity contribution in [2.45, 2.75) is 6.54 Å². The lowest BCUT2D eigenvalue weighted by atomic mass is 9.99. The fourth-order valence-corrected chi connectivity index (χ4v) is 3.69. The summed E-state index contributed by atoms with van der Waals surface area (Å²) in [6, 6.07) is 19.4. The zero-order valence-electron chi connectivity index (χ0n) is 16.8. The van der Waals surface area contributed by atoms with Crippen molar-refractivity contribution in [3.05, 3.63) is 72.9 Å². The van der Waals surface area contributed by atoms with Crippen LogP contribution in [0.4, 0.5) is 0 Å². The topological polar surface area (TPSA) is 78.6 Å². The van der Waals surface area contributed by atoms with Gasteiger partial charge in [0.05, 0.1) is 42.4 Å². The number of ether oxygens (including phenoxy) is 1. The maximum atomic E-state index is 5.05. The molecule has 3 N–H and O–H groups in total. The number of nitrogens with one attached hydrogen (secondary N) is 3. The lowest BCUT2D eigenvalue weighted by molar-refractivity contribution is 0.199. The van der Waals surface area contributed by atoms with Crippen molar-refractivity contribution in [1.82, 2.24) is 25.3 Å². The Kier molecular flexibility index (Phi) is 5.01. The summed E-state index contributed by atoms with van der Waals surface area (Å²) < 4.78 is 5.05. The number of imidazole rings is 2. The molecule has 0 saturated carbocycles. The zero-order valence-corrected chi connectivity index (χ0v) is 16.8. The highest BCUT2D eigenvalue weighted by molar-refractivity contribution is 5.91. The van der Waals surface area contributed by atoms with Crippen molar-refractivity contribution in [1.29, 1.82) is 0 Å². The van der Waals surface area contributed by atoms with Crippen LogP contribution in [-0.2, 0) is 11.3 Å². The normalized spacial score (nSPS) is 11.5. The Bertz CT molecular complexity index is 1300. The van der Waals surface area contributed by atoms with E-state index < -0.39 is 0 Å². The van der Waals surface area contributed by atoms with Crippen LogP contribution in [0, 0.1) is 0 Å². The van der Waals surface area contributed by atoms with Crippen LogP contribution in [0.3, 0.4) is 0 Å². The van der Waals surface area contributed by atoms with Gasteiger partial charge in [0.1, 0.15) is 5.82 Å². The van der Waals surface area contributed by atoms with Gasteiger partial charge in [-0.1, -0.05) is 30.3 Å². The Balaban J connectivity index is 1.39. The van der Waals surface area contributed by atoms with Gasteiger partial charge >= 0.3 is 0 Å². The van der Waals surface area contributed by atoms with Crippen molar-refractivity contribution < 1.29 is 4.74 Å². The third kappa shape index (κ3) is 3.70. The van der Waals surface area contributed by atoms with Crippen molar-refractivity contribution >= 4 is 21.8 Å². The van der Waals surface area contributed by atoms with Gasteiger partial charge in [-0.25, -0.2) is 9.97 Å². The molecular weight excluding hydrogens is 374 g/mol. The minimum absolute atomic E-state index is 0.690. The molecule has 0 radical (unpaired) electrons. The predicted octanol–water partition coefficient (Wildman–Crippen LogP) is 4.51. The van der Waals surface area contributed by atoms with Gasteiger partial charge in [0.2, 0.25) is 0 Å². The number of rotatable bonds is 7. The quantitative estimate of drug-likeness (QED) is 0.353. The maximum Gasteiger partial charge on any atom is 0.120 e. The molecule has 0 aliphatic rings. The molecule has 0 unspecified atom stereocenters. The number of H-pyrrole nitrogens is 2. The van der Waals surface area contributed by atoms with Gasteiger partial charge in [-0.2, -0.15) is 0 Å². The monoisotopic (exact) mass is 397 g/mol. The highest BCUT2D eigenvalue weighted by atomic mass is 16.5. The Morgan fingerprint density at radius 2 is 1.67 bits per heavy atom. The third-order valence-electron chi connectivity index (χ3n) is 5.31. The van der Waals surface area contributed by atoms with Crippen LogP contribution in [-0.4, -0.2) is 40.2 Å². The molecule has 0 atom stereocenters. The van der Waals surface area contributed by atoms with Crippen LogP contribution in [0.25, 0.3) is 44.2 Å². The number of benzene rings is 3. The number of hydrogen-bond donors (Lipinski definition) is 3. The van der Waals surface area contributed by atoms with Gasteiger partial charge in [0.15, 0.2) is 0 Å². The van der Waals surface area contributed by atoms with Crippen LogP contribution in [0.2, 0.25) is 0 Å². The van der Waals surface area contributed by atoms with E-state index in [1.165, 1.54) is 21.9 Å². The molecule has 6 nitrogen and oxygen atoms in total. The smallest absolute Gasteiger partial charge is 0.120 e. The van der Waals surface area contributed by atoms with Gasteiger partial charge in [0, 0.05) is 19.2 Å². The Labute approximate surface area is 174 Å². The molecule has 0 amide bonds. The molecule has 6 heteroatoms. The lowest BCUT2D eigenvalue weighted by Gasteiger charge is -2.06. The molecule has 2 aromatic heterocycles. The second-order valence-electron chi connectivity index (χ2n) is 7.32. The van der Waals surface area contributed by atoms with E-state index in [1.54, 1.807) is 13.4 Å². The summed E-state index contributed by atoms with van der Waals surface area (Å²) in [6.07, 6.45) is 3.62. The first-order valence-electron chi connectivity index (χ1n) is 10.0. The maximum absolute atomic E-state index is 5.05. The molecule has 2 heterocycles. The molecule has 0 aliphatic carbocycles. The minimum Gasteiger partial charge on any atom is -0.383 e. The fraction of sp³-hybridized carbons (Fsp3) is 0.167. The van der Waals surface area contributed by atoms with E-state index in [-0.39, 0.29) is 0 Å². The number of aromatic amines is 2. The van der Waals surface area contributed by atoms with Gasteiger partial charge in [0.25, 0.3) is 0 Å². The summed E-state index contributed by atoms with van der Waals surface area (Å²) in [6.45, 7) is 2.19. The van der Waals surface area contributed by atoms with E-state index in [4.69, 9.17) is 4.74 Å². The minimum atomic E-state index is 0.690. The van der Waals surface area contributed by atoms with Crippen LogP contribution in [0.15, 0.2) is 67.1 Å². The first kappa shape index (κ1) is 18.5. The molecule has 30 heavy (non-hydrogen) atoms. The number of aromatic nitrogens is 4. The fourth-order valence-electron chi connectivity index (χ4n) is 3.69. The molecular formula is C24H23N5O. The van der Waals surface area contributed by atoms with E-state index in [0.29, 0.717) is 13.2 Å². The molecule has 0 bridgehead atoms. The van der Waals surface area contributed by atoms with Gasteiger partial charge in [-0.3, -0.25) is 0 Å². The van der Waals surface area contributed by atoms with Crippen molar-refractivity contribution in [3.63, 3.8) is 0 Å². The standard InChI is InChI=1S/C24H23N5O/c1-30-9-8-25-14-24-26-13-23(29-24)20-5-4-16-10-17(2-3-18(16)11-20)19-6-7-21-22(12-19)28-15-27-21/h2-7,10-13,15,25H,8-9,14H2,1H3,(H,26,29)(H,27,28). The van der Waals surface area contributed by atoms with Crippen molar-refractivity contribution in [2.24, 2.45) is 0 Å². The molecule has 0 aliphatic heterocycles. The summed E-state index contributed by atoms with van der Waals surface area (Å²) in [4.78, 5) is 15.4. The summed E-state index contributed by atoms with van der Waals surface area (Å²) in [5.41, 5.74) is 6.56. The van der Waals surface area contributed by atoms with Crippen molar-refractivity contribution in [3.8, 4) is 22.4 Å². The highest BCUT2D eigenvalue weighted by Gasteiger charge is 2.07. The molecule has 0 saturated heterocycles. The zero-order chi connectivity index (χ0) is 20.3. The summed E-state index contributed by atoms with van der Waals surface area (Å²) in [5.74, 6) is 0.922. The van der Waals surface area contributed by atoms with E-state index in [9.17, 15) is 0 Å². The molecule has 150 valence electrons. The summed E-state index contributed by atoms with van der Waals surface area (Å²) in [7, 11) is 1.70. The molecule has 0 spiro atoms. The number of hydrogen-bond acceptors (Lipinski definition) is 4. The predicted molar refractivity (Wildman–Crippen MR) is 120 cm³/mol. The SMILES string of the molecule is COCCNCc1ncc(-c2ccc3cc(-c4ccc5nc[nH]c5c4)ccc3c2)[nH]1. The van der Waals surface area contributed by atoms with E-state index in [1.807, 2.05) is 6.20 Å². The molecule has 5 rings (SSSR count). The van der Waals surface area contributed by atoms with E-state index >= 15 is 0 Å². The van der Waals surface area contributed by atoms with Crippen LogP contribution in [0.1, 0.15) is 5.82 Å². The second kappa shape index (κ2) is 8.10. The van der Waals surface area contributed by atoms with Crippen molar-refractivity contribution in [2.75, 3.05) is 20.3 Å². The largest absolute Gasteiger partial charge is 0.383 e. The van der Waals surface area contributed by atoms with Crippen LogP contribution >= 0.6 is 0 Å². The van der Waals surface area contributed by atoms with Crippen LogP contribution in [0.5, 0.6) is 0 Å². The average molecular weight is 397 g/mol. The number of methoxy groups -OCH3 is 1. The van der Waals surface area contributed by atoms with Gasteiger partial charge in [-0.05, 0) is 46.2 Å². The van der Waals surface area contributed by atoms with Crippen LogP contribution < -0.4 is 5.32 Å². The second-order valence-corrected chi connectivity index (χ2v) is 7.32. The Morgan fingerprint density at radius 3 is 2.53 bits per heavy atom. The number of nitrogens with zero attached hydrogens (tertiary/aromatic N) is 2. The first-order chi connectivity index (χ1) is 14.8. The summed E-state index contributed by atoms with van der Waals surface area (Å²) in [5, 5.41) is 5.72. The Morgan fingerprint density at radius 1 is 0.900 bits per heavy atom. The highest BCUT2D eigenvalue weighted by Crippen LogP contribution is 2.29. The van der Waals surface area contributed by atoms with Gasteiger partial charge in [-0.15, -0.1) is 0 Å². The molecule has 0 fully saturated rings. The Hall–Kier alpha value is -3.48. The van der Waals surface area contributed by atoms with Gasteiger partial charge < -0.3 is 20.0 Å². The lowest BCUT2D eigenvalue weighted by Crippen LogP contribution is -2.19. The summed E-state index contributed by atoms with van der Waals surface area (Å²) >= 11 is 0. The van der Waals surface area contributed by atoms with E-state index in [0.717, 1.165) is 34.7 Å².